The minimum Gasteiger partial charge on any atom is -0.490 e. The Hall–Kier alpha value is -0.950. The molecule has 86 valence electrons. The summed E-state index contributed by atoms with van der Waals surface area (Å²) in [6.07, 6.45) is 2.27. The lowest BCUT2D eigenvalue weighted by atomic mass is 9.98. The average molecular weight is 237 g/mol. The second kappa shape index (κ2) is 2.84. The van der Waals surface area contributed by atoms with E-state index in [-0.39, 0.29) is 5.41 Å². The molecule has 1 aromatic carbocycles. The van der Waals surface area contributed by atoms with E-state index in [2.05, 4.69) is 0 Å². The molecular weight excluding hydrogens is 221 g/mol. The molecule has 16 heavy (non-hydrogen) atoms. The Morgan fingerprint density at radius 3 is 2.62 bits per heavy atom. The quantitative estimate of drug-likeness (QED) is 0.600. The molecule has 0 bridgehead atoms. The predicted octanol–water partition coefficient (Wildman–Crippen LogP) is 1.94. The predicted molar refractivity (Wildman–Crippen MR) is 66.3 cm³/mol. The number of fused-ring (bicyclic) bond motifs is 2. The highest BCUT2D eigenvalue weighted by atomic mass is 31.2. The zero-order chi connectivity index (χ0) is 11.6. The number of hydrogen-bond donors (Lipinski definition) is 1. The van der Waals surface area contributed by atoms with Gasteiger partial charge in [0.15, 0.2) is 0 Å². The third-order valence-corrected chi connectivity index (χ3v) is 5.16. The topological polar surface area (TPSA) is 52.3 Å². The van der Waals surface area contributed by atoms with Gasteiger partial charge in [-0.25, -0.2) is 0 Å². The van der Waals surface area contributed by atoms with E-state index >= 15 is 0 Å². The third-order valence-electron chi connectivity index (χ3n) is 3.62. The molecule has 1 aliphatic heterocycles. The normalized spacial score (nSPS) is 20.6. The van der Waals surface area contributed by atoms with Crippen molar-refractivity contribution < 1.29 is 9.30 Å². The van der Waals surface area contributed by atoms with Crippen LogP contribution in [0, 0.1) is 0 Å². The van der Waals surface area contributed by atoms with Crippen molar-refractivity contribution in [2.24, 2.45) is 0 Å². The summed E-state index contributed by atoms with van der Waals surface area (Å²) in [7, 11) is -2.25. The van der Waals surface area contributed by atoms with E-state index in [1.54, 1.807) is 0 Å². The third kappa shape index (κ3) is 1.24. The second-order valence-electron chi connectivity index (χ2n) is 5.30. The van der Waals surface area contributed by atoms with E-state index in [0.29, 0.717) is 12.3 Å². The van der Waals surface area contributed by atoms with Crippen molar-refractivity contribution in [2.75, 3.05) is 25.7 Å². The molecule has 3 nitrogen and oxygen atoms in total. The Balaban J connectivity index is 2.30. The van der Waals surface area contributed by atoms with Crippen LogP contribution in [0.15, 0.2) is 12.1 Å². The molecule has 0 aromatic heterocycles. The van der Waals surface area contributed by atoms with Crippen molar-refractivity contribution >= 4 is 18.1 Å². The Kier molecular flexibility index (Phi) is 1.81. The molecule has 0 unspecified atom stereocenters. The molecule has 2 N–H and O–H groups in total. The van der Waals surface area contributed by atoms with Crippen LogP contribution in [-0.4, -0.2) is 19.9 Å². The van der Waals surface area contributed by atoms with Gasteiger partial charge in [0.25, 0.3) is 0 Å². The number of hydrogen-bond acceptors (Lipinski definition) is 3. The molecule has 1 heterocycles. The van der Waals surface area contributed by atoms with Crippen molar-refractivity contribution in [2.45, 2.75) is 18.3 Å². The summed E-state index contributed by atoms with van der Waals surface area (Å²) in [5.74, 6) is 0.791. The molecule has 1 fully saturated rings. The van der Waals surface area contributed by atoms with E-state index in [1.807, 2.05) is 25.5 Å². The van der Waals surface area contributed by atoms with Crippen LogP contribution in [0.2, 0.25) is 0 Å². The number of nitrogens with two attached hydrogens (primary N) is 1. The van der Waals surface area contributed by atoms with Crippen molar-refractivity contribution in [3.8, 4) is 5.75 Å². The van der Waals surface area contributed by atoms with Crippen LogP contribution < -0.4 is 15.8 Å². The number of nitrogen functional groups attached to an aromatic ring is 1. The van der Waals surface area contributed by atoms with Gasteiger partial charge in [-0.1, -0.05) is 0 Å². The first-order valence-corrected chi connectivity index (χ1v) is 8.15. The number of anilines is 1. The highest BCUT2D eigenvalue weighted by Gasteiger charge is 2.53. The zero-order valence-electron chi connectivity index (χ0n) is 9.62. The van der Waals surface area contributed by atoms with Crippen LogP contribution in [0.4, 0.5) is 5.69 Å². The van der Waals surface area contributed by atoms with Gasteiger partial charge in [-0.2, -0.15) is 0 Å². The molecule has 0 saturated heterocycles. The maximum atomic E-state index is 12.3. The Morgan fingerprint density at radius 1 is 1.38 bits per heavy atom. The van der Waals surface area contributed by atoms with Gasteiger partial charge < -0.3 is 15.0 Å². The maximum Gasteiger partial charge on any atom is 0.146 e. The van der Waals surface area contributed by atoms with E-state index in [9.17, 15) is 4.57 Å². The molecule has 0 atom stereocenters. The fourth-order valence-electron chi connectivity index (χ4n) is 2.53. The van der Waals surface area contributed by atoms with E-state index in [4.69, 9.17) is 10.5 Å². The monoisotopic (exact) mass is 237 g/mol. The van der Waals surface area contributed by atoms with Gasteiger partial charge in [0, 0.05) is 16.3 Å². The molecule has 4 heteroatoms. The molecular formula is C12H16NO2P. The van der Waals surface area contributed by atoms with E-state index < -0.39 is 7.14 Å². The number of ether oxygens (including phenoxy) is 1. The standard InChI is InChI=1S/C12H16NO2P/c1-16(2,14)9-4-3-8(13)11-10(9)12(5-6-12)7-15-11/h3-4H,5-7,13H2,1-2H3. The van der Waals surface area contributed by atoms with Crippen LogP contribution in [0.5, 0.6) is 5.75 Å². The van der Waals surface area contributed by atoms with Crippen molar-refractivity contribution in [3.05, 3.63) is 17.7 Å². The molecule has 1 aromatic rings. The summed E-state index contributed by atoms with van der Waals surface area (Å²) < 4.78 is 18.0. The first-order valence-electron chi connectivity index (χ1n) is 5.55. The largest absolute Gasteiger partial charge is 0.490 e. The van der Waals surface area contributed by atoms with Gasteiger partial charge in [0.2, 0.25) is 0 Å². The molecule has 2 aliphatic rings. The highest BCUT2D eigenvalue weighted by molar-refractivity contribution is 7.70. The van der Waals surface area contributed by atoms with Crippen molar-refractivity contribution in [1.29, 1.82) is 0 Å². The molecule has 1 spiro atoms. The lowest BCUT2D eigenvalue weighted by molar-refractivity contribution is 0.325. The average Bonchev–Trinajstić information content (AvgIpc) is 2.84. The van der Waals surface area contributed by atoms with Gasteiger partial charge >= 0.3 is 0 Å². The molecule has 0 radical (unpaired) electrons. The maximum absolute atomic E-state index is 12.3. The smallest absolute Gasteiger partial charge is 0.146 e. The first-order chi connectivity index (χ1) is 7.44. The molecule has 3 rings (SSSR count). The van der Waals surface area contributed by atoms with Crippen LogP contribution in [0.1, 0.15) is 18.4 Å². The fourth-order valence-corrected chi connectivity index (χ4v) is 3.84. The first kappa shape index (κ1) is 10.2. The lowest BCUT2D eigenvalue weighted by Gasteiger charge is -2.16. The Bertz CT molecular complexity index is 514. The fraction of sp³-hybridized carbons (Fsp3) is 0.500. The van der Waals surface area contributed by atoms with Gasteiger partial charge in [0.1, 0.15) is 12.9 Å². The van der Waals surface area contributed by atoms with E-state index in [1.165, 1.54) is 0 Å². The van der Waals surface area contributed by atoms with E-state index in [0.717, 1.165) is 29.5 Å². The summed E-state index contributed by atoms with van der Waals surface area (Å²) in [6.45, 7) is 4.34. The zero-order valence-corrected chi connectivity index (χ0v) is 10.5. The summed E-state index contributed by atoms with van der Waals surface area (Å²) in [6, 6.07) is 3.74. The van der Waals surface area contributed by atoms with Crippen LogP contribution in [-0.2, 0) is 9.98 Å². The Labute approximate surface area is 95.4 Å². The van der Waals surface area contributed by atoms with Gasteiger partial charge in [-0.3, -0.25) is 0 Å². The van der Waals surface area contributed by atoms with Crippen LogP contribution in [0.25, 0.3) is 0 Å². The summed E-state index contributed by atoms with van der Waals surface area (Å²) in [4.78, 5) is 0. The van der Waals surface area contributed by atoms with Gasteiger partial charge in [-0.05, 0) is 38.3 Å². The van der Waals surface area contributed by atoms with Crippen molar-refractivity contribution in [1.82, 2.24) is 0 Å². The Morgan fingerprint density at radius 2 is 2.06 bits per heavy atom. The van der Waals surface area contributed by atoms with Crippen molar-refractivity contribution in [3.63, 3.8) is 0 Å². The second-order valence-corrected chi connectivity index (χ2v) is 8.48. The van der Waals surface area contributed by atoms with Gasteiger partial charge in [-0.15, -0.1) is 0 Å². The summed E-state index contributed by atoms with van der Waals surface area (Å²) in [5.41, 5.74) is 7.88. The SMILES string of the molecule is CP(C)(=O)c1ccc(N)c2c1C1(CC1)CO2. The summed E-state index contributed by atoms with van der Waals surface area (Å²) >= 11 is 0. The molecule has 0 amide bonds. The molecule has 1 saturated carbocycles. The molecule has 1 aliphatic carbocycles. The number of rotatable bonds is 1. The number of benzene rings is 1. The van der Waals surface area contributed by atoms with Crippen LogP contribution in [0.3, 0.4) is 0 Å². The lowest BCUT2D eigenvalue weighted by Crippen LogP contribution is -2.18. The van der Waals surface area contributed by atoms with Crippen LogP contribution >= 0.6 is 7.14 Å². The minimum absolute atomic E-state index is 0.141. The van der Waals surface area contributed by atoms with Gasteiger partial charge in [0.05, 0.1) is 12.3 Å². The highest BCUT2D eigenvalue weighted by Crippen LogP contribution is 2.58. The minimum atomic E-state index is -2.25. The summed E-state index contributed by atoms with van der Waals surface area (Å²) in [5, 5.41) is 0.965.